The van der Waals surface area contributed by atoms with Gasteiger partial charge in [0.25, 0.3) is 0 Å². The number of hydrogen-bond acceptors (Lipinski definition) is 15. The second kappa shape index (κ2) is 72.0. The molecule has 3 N–H and O–H groups in total. The molecule has 0 radical (unpaired) electrons. The number of esters is 4. The zero-order valence-electron chi connectivity index (χ0n) is 67.2. The fourth-order valence-corrected chi connectivity index (χ4v) is 14.3. The molecule has 0 spiro atoms. The minimum atomic E-state index is -4.96. The van der Waals surface area contributed by atoms with E-state index in [0.29, 0.717) is 31.6 Å². The molecule has 0 heterocycles. The van der Waals surface area contributed by atoms with E-state index in [-0.39, 0.29) is 25.7 Å². The van der Waals surface area contributed by atoms with Crippen LogP contribution in [0.2, 0.25) is 0 Å². The van der Waals surface area contributed by atoms with Gasteiger partial charge in [0, 0.05) is 25.7 Å². The van der Waals surface area contributed by atoms with Crippen LogP contribution in [0.4, 0.5) is 0 Å². The van der Waals surface area contributed by atoms with Gasteiger partial charge >= 0.3 is 39.5 Å². The van der Waals surface area contributed by atoms with E-state index in [1.54, 1.807) is 0 Å². The average Bonchev–Trinajstić information content (AvgIpc) is 0.924. The number of carbonyl (C=O) groups is 4. The van der Waals surface area contributed by atoms with E-state index in [4.69, 9.17) is 37.0 Å². The molecule has 19 heteroatoms. The first-order valence-electron chi connectivity index (χ1n) is 42.7. The first-order chi connectivity index (χ1) is 49.1. The van der Waals surface area contributed by atoms with E-state index < -0.39 is 97.5 Å². The fourth-order valence-electron chi connectivity index (χ4n) is 12.8. The first-order valence-corrected chi connectivity index (χ1v) is 45.7. The smallest absolute Gasteiger partial charge is 0.462 e. The lowest BCUT2D eigenvalue weighted by molar-refractivity contribution is -0.161. The quantitative estimate of drug-likeness (QED) is 0.0222. The number of phosphoric acid groups is 2. The van der Waals surface area contributed by atoms with Gasteiger partial charge in [-0.15, -0.1) is 0 Å². The van der Waals surface area contributed by atoms with Crippen molar-refractivity contribution >= 4 is 39.5 Å². The lowest BCUT2D eigenvalue weighted by Gasteiger charge is -2.21. The van der Waals surface area contributed by atoms with Gasteiger partial charge in [-0.1, -0.05) is 376 Å². The van der Waals surface area contributed by atoms with Crippen molar-refractivity contribution in [2.24, 2.45) is 23.7 Å². The summed E-state index contributed by atoms with van der Waals surface area (Å²) in [5.74, 6) is 1.01. The van der Waals surface area contributed by atoms with E-state index in [0.717, 1.165) is 114 Å². The van der Waals surface area contributed by atoms with Crippen molar-refractivity contribution in [1.29, 1.82) is 0 Å². The lowest BCUT2D eigenvalue weighted by atomic mass is 9.99. The largest absolute Gasteiger partial charge is 0.472 e. The van der Waals surface area contributed by atoms with Gasteiger partial charge in [-0.2, -0.15) is 0 Å². The van der Waals surface area contributed by atoms with Crippen LogP contribution in [0.1, 0.15) is 428 Å². The zero-order valence-corrected chi connectivity index (χ0v) is 69.0. The summed E-state index contributed by atoms with van der Waals surface area (Å²) in [4.78, 5) is 73.1. The Morgan fingerprint density at radius 3 is 0.696 bits per heavy atom. The average molecular weight is 1490 g/mol. The summed E-state index contributed by atoms with van der Waals surface area (Å²) in [6.07, 6.45) is 59.8. The van der Waals surface area contributed by atoms with Gasteiger partial charge in [-0.3, -0.25) is 37.3 Å². The normalized spacial score (nSPS) is 14.3. The van der Waals surface area contributed by atoms with Crippen LogP contribution in [-0.2, 0) is 65.4 Å². The maximum atomic E-state index is 13.1. The Labute approximate surface area is 626 Å². The number of aliphatic hydroxyl groups is 1. The molecular formula is C83H162O17P2. The molecule has 0 saturated carbocycles. The summed E-state index contributed by atoms with van der Waals surface area (Å²) >= 11 is 0. The standard InChI is InChI=1S/C83H162O17P2/c1-9-76(8)62-54-46-37-31-25-19-14-15-20-26-32-38-47-55-63-80(85)93-69-78(99-82(87)65-57-49-39-33-27-21-13-11-10-12-17-23-29-35-43-51-59-73(2)3)71-97-101(89,90)95-67-77(84)68-96-102(91,92)98-72-79(70-94-81(86)64-56-48-42-41-45-53-61-75(6)7)100-83(88)66-58-50-40-34-28-22-16-18-24-30-36-44-52-60-74(4)5/h73-79,84H,9-72H2,1-8H3,(H,89,90)(H,91,92)/t76?,77-,78-,79-/m1/s1. The highest BCUT2D eigenvalue weighted by Crippen LogP contribution is 2.45. The highest BCUT2D eigenvalue weighted by atomic mass is 31.2. The Balaban J connectivity index is 5.23. The third-order valence-corrected chi connectivity index (χ3v) is 21.6. The Bertz CT molecular complexity index is 1990. The SMILES string of the molecule is CCC(C)CCCCCCCCCCCCCCCCC(=O)OC[C@H](COP(=O)(O)OC[C@@H](O)COP(=O)(O)OC[C@@H](COC(=O)CCCCCCCCC(C)C)OC(=O)CCCCCCCCCCCCCCCC(C)C)OC(=O)CCCCCCCCCCCCCCCCCCC(C)C. The molecule has 0 bridgehead atoms. The van der Waals surface area contributed by atoms with Crippen LogP contribution in [0.15, 0.2) is 0 Å². The molecule has 0 aliphatic rings. The minimum Gasteiger partial charge on any atom is -0.462 e. The van der Waals surface area contributed by atoms with Crippen LogP contribution in [0.25, 0.3) is 0 Å². The molecule has 0 saturated heterocycles. The van der Waals surface area contributed by atoms with Gasteiger partial charge < -0.3 is 33.8 Å². The molecule has 3 unspecified atom stereocenters. The molecule has 0 rings (SSSR count). The molecule has 0 aromatic carbocycles. The second-order valence-corrected chi connectivity index (χ2v) is 34.4. The number of rotatable bonds is 80. The number of ether oxygens (including phenoxy) is 4. The van der Waals surface area contributed by atoms with Gasteiger partial charge in [0.15, 0.2) is 12.2 Å². The van der Waals surface area contributed by atoms with Crippen molar-refractivity contribution in [3.8, 4) is 0 Å². The van der Waals surface area contributed by atoms with Gasteiger partial charge in [0.2, 0.25) is 0 Å². The summed E-state index contributed by atoms with van der Waals surface area (Å²) in [6, 6.07) is 0. The maximum Gasteiger partial charge on any atom is 0.472 e. The third-order valence-electron chi connectivity index (χ3n) is 19.7. The number of phosphoric ester groups is 2. The Kier molecular flexibility index (Phi) is 70.6. The number of carbonyl (C=O) groups excluding carboxylic acids is 4. The third kappa shape index (κ3) is 74.9. The molecule has 6 atom stereocenters. The predicted molar refractivity (Wildman–Crippen MR) is 418 cm³/mol. The Hall–Kier alpha value is -1.94. The van der Waals surface area contributed by atoms with Crippen molar-refractivity contribution in [2.45, 2.75) is 446 Å². The molecule has 17 nitrogen and oxygen atoms in total. The fraction of sp³-hybridized carbons (Fsp3) is 0.952. The van der Waals surface area contributed by atoms with Gasteiger partial charge in [0.05, 0.1) is 26.4 Å². The molecule has 606 valence electrons. The van der Waals surface area contributed by atoms with Gasteiger partial charge in [0.1, 0.15) is 19.3 Å². The zero-order chi connectivity index (χ0) is 75.3. The topological polar surface area (TPSA) is 237 Å². The maximum absolute atomic E-state index is 13.1. The molecule has 0 aromatic heterocycles. The highest BCUT2D eigenvalue weighted by Gasteiger charge is 2.30. The van der Waals surface area contributed by atoms with Crippen molar-refractivity contribution in [3.63, 3.8) is 0 Å². The summed E-state index contributed by atoms with van der Waals surface area (Å²) in [7, 11) is -9.92. The van der Waals surface area contributed by atoms with Crippen molar-refractivity contribution in [3.05, 3.63) is 0 Å². The van der Waals surface area contributed by atoms with Crippen LogP contribution >= 0.6 is 15.6 Å². The second-order valence-electron chi connectivity index (χ2n) is 31.5. The van der Waals surface area contributed by atoms with E-state index in [1.165, 1.54) is 225 Å². The van der Waals surface area contributed by atoms with Gasteiger partial charge in [-0.05, 0) is 49.4 Å². The molecule has 0 aliphatic heterocycles. The Morgan fingerprint density at radius 1 is 0.275 bits per heavy atom. The predicted octanol–water partition coefficient (Wildman–Crippen LogP) is 24.8. The highest BCUT2D eigenvalue weighted by molar-refractivity contribution is 7.47. The molecule has 0 amide bonds. The van der Waals surface area contributed by atoms with Crippen LogP contribution in [-0.4, -0.2) is 96.7 Å². The number of aliphatic hydroxyl groups excluding tert-OH is 1. The van der Waals surface area contributed by atoms with Crippen LogP contribution in [0.5, 0.6) is 0 Å². The van der Waals surface area contributed by atoms with E-state index in [2.05, 4.69) is 55.4 Å². The van der Waals surface area contributed by atoms with Crippen molar-refractivity contribution < 1.29 is 80.2 Å². The summed E-state index contributed by atoms with van der Waals surface area (Å²) in [6.45, 7) is 14.3. The van der Waals surface area contributed by atoms with Crippen LogP contribution in [0.3, 0.4) is 0 Å². The first kappa shape index (κ1) is 100. The number of unbranched alkanes of at least 4 members (excludes halogenated alkanes) is 45. The van der Waals surface area contributed by atoms with E-state index >= 15 is 0 Å². The Morgan fingerprint density at radius 2 is 0.471 bits per heavy atom. The summed E-state index contributed by atoms with van der Waals surface area (Å²) in [5, 5.41) is 10.7. The molecular weight excluding hydrogens is 1330 g/mol. The minimum absolute atomic E-state index is 0.106. The van der Waals surface area contributed by atoms with Crippen molar-refractivity contribution in [2.75, 3.05) is 39.6 Å². The monoisotopic (exact) mass is 1490 g/mol. The summed E-state index contributed by atoms with van der Waals surface area (Å²) in [5.41, 5.74) is 0. The van der Waals surface area contributed by atoms with E-state index in [1.807, 2.05) is 0 Å². The molecule has 0 fully saturated rings. The number of hydrogen-bond donors (Lipinski definition) is 3. The lowest BCUT2D eigenvalue weighted by Crippen LogP contribution is -2.30. The molecule has 0 aliphatic carbocycles. The van der Waals surface area contributed by atoms with E-state index in [9.17, 15) is 43.2 Å². The van der Waals surface area contributed by atoms with Crippen LogP contribution < -0.4 is 0 Å². The molecule has 0 aromatic rings. The summed E-state index contributed by atoms with van der Waals surface area (Å²) < 4.78 is 68.8. The van der Waals surface area contributed by atoms with Crippen molar-refractivity contribution in [1.82, 2.24) is 0 Å². The van der Waals surface area contributed by atoms with Crippen LogP contribution in [0, 0.1) is 23.7 Å². The van der Waals surface area contributed by atoms with Gasteiger partial charge in [-0.25, -0.2) is 9.13 Å². The molecule has 102 heavy (non-hydrogen) atoms.